The van der Waals surface area contributed by atoms with Gasteiger partial charge < -0.3 is 5.11 Å². The molecular weight excluding hydrogens is 176 g/mol. The van der Waals surface area contributed by atoms with Crippen molar-refractivity contribution >= 4 is 0 Å². The minimum Gasteiger partial charge on any atom is -0.386 e. The molecule has 1 N–H and O–H groups in total. The number of hydrogen-bond donors (Lipinski definition) is 1. The van der Waals surface area contributed by atoms with Crippen LogP contribution in [-0.4, -0.2) is 15.1 Å². The van der Waals surface area contributed by atoms with Gasteiger partial charge in [-0.25, -0.2) is 0 Å². The Morgan fingerprint density at radius 1 is 1.50 bits per heavy atom. The number of rotatable bonds is 4. The molecule has 1 aromatic heterocycles. The van der Waals surface area contributed by atoms with Crippen LogP contribution in [0.15, 0.2) is 24.5 Å². The van der Waals surface area contributed by atoms with Crippen LogP contribution in [0.25, 0.3) is 0 Å². The summed E-state index contributed by atoms with van der Waals surface area (Å²) < 4.78 is 0. The van der Waals surface area contributed by atoms with E-state index in [1.807, 2.05) is 13.8 Å². The van der Waals surface area contributed by atoms with Gasteiger partial charge in [-0.15, -0.1) is 0 Å². The van der Waals surface area contributed by atoms with Crippen molar-refractivity contribution in [3.63, 3.8) is 0 Å². The number of aliphatic hydroxyl groups is 1. The molecule has 1 heterocycles. The third-order valence-corrected chi connectivity index (χ3v) is 2.12. The Labute approximate surface area is 84.5 Å². The molecular formula is C11H16N2O. The molecule has 0 bridgehead atoms. The fraction of sp³-hybridized carbons (Fsp3) is 0.455. The van der Waals surface area contributed by atoms with E-state index in [4.69, 9.17) is 0 Å². The second kappa shape index (κ2) is 4.86. The number of aromatic nitrogens is 2. The summed E-state index contributed by atoms with van der Waals surface area (Å²) in [6.45, 7) is 7.74. The first-order chi connectivity index (χ1) is 6.63. The van der Waals surface area contributed by atoms with Gasteiger partial charge >= 0.3 is 0 Å². The zero-order valence-electron chi connectivity index (χ0n) is 8.70. The van der Waals surface area contributed by atoms with E-state index in [9.17, 15) is 5.11 Å². The number of aliphatic hydroxyl groups excluding tert-OH is 1. The summed E-state index contributed by atoms with van der Waals surface area (Å²) in [6, 6.07) is 0. The second-order valence-corrected chi connectivity index (χ2v) is 3.41. The molecule has 0 saturated heterocycles. The molecule has 3 heteroatoms. The predicted molar refractivity (Wildman–Crippen MR) is 55.8 cm³/mol. The SMILES string of the molecule is C=C(CC)CC(O)c1cnc(C)cn1. The molecule has 0 amide bonds. The molecule has 1 atom stereocenters. The van der Waals surface area contributed by atoms with Crippen molar-refractivity contribution in [1.29, 1.82) is 0 Å². The van der Waals surface area contributed by atoms with Crippen LogP contribution in [0.1, 0.15) is 37.3 Å². The Bertz CT molecular complexity index is 306. The molecule has 0 saturated carbocycles. The van der Waals surface area contributed by atoms with Gasteiger partial charge in [0, 0.05) is 6.20 Å². The molecule has 0 aliphatic heterocycles. The van der Waals surface area contributed by atoms with Crippen molar-refractivity contribution in [3.05, 3.63) is 35.9 Å². The molecule has 76 valence electrons. The maximum Gasteiger partial charge on any atom is 0.101 e. The smallest absolute Gasteiger partial charge is 0.101 e. The van der Waals surface area contributed by atoms with Crippen LogP contribution in [0.3, 0.4) is 0 Å². The van der Waals surface area contributed by atoms with Crippen LogP contribution in [0.2, 0.25) is 0 Å². The lowest BCUT2D eigenvalue weighted by Gasteiger charge is -2.10. The zero-order valence-corrected chi connectivity index (χ0v) is 8.70. The Kier molecular flexibility index (Phi) is 3.77. The van der Waals surface area contributed by atoms with Crippen LogP contribution >= 0.6 is 0 Å². The van der Waals surface area contributed by atoms with E-state index in [-0.39, 0.29) is 0 Å². The molecule has 0 fully saturated rings. The Hall–Kier alpha value is -1.22. The average molecular weight is 192 g/mol. The van der Waals surface area contributed by atoms with Crippen molar-refractivity contribution in [2.75, 3.05) is 0 Å². The molecule has 1 aromatic rings. The van der Waals surface area contributed by atoms with E-state index < -0.39 is 6.10 Å². The summed E-state index contributed by atoms with van der Waals surface area (Å²) in [5.41, 5.74) is 2.50. The van der Waals surface area contributed by atoms with Crippen LogP contribution in [0.5, 0.6) is 0 Å². The monoisotopic (exact) mass is 192 g/mol. The van der Waals surface area contributed by atoms with Gasteiger partial charge in [0.1, 0.15) is 6.10 Å². The van der Waals surface area contributed by atoms with Gasteiger partial charge in [-0.2, -0.15) is 0 Å². The van der Waals surface area contributed by atoms with Crippen molar-refractivity contribution in [3.8, 4) is 0 Å². The minimum absolute atomic E-state index is 0.564. The lowest BCUT2D eigenvalue weighted by atomic mass is 10.1. The first kappa shape index (κ1) is 10.9. The van der Waals surface area contributed by atoms with E-state index in [1.54, 1.807) is 12.4 Å². The van der Waals surface area contributed by atoms with E-state index in [0.29, 0.717) is 12.1 Å². The first-order valence-corrected chi connectivity index (χ1v) is 4.76. The highest BCUT2D eigenvalue weighted by Gasteiger charge is 2.09. The number of aryl methyl sites for hydroxylation is 1. The zero-order chi connectivity index (χ0) is 10.6. The summed E-state index contributed by atoms with van der Waals surface area (Å²) in [6.07, 6.45) is 4.15. The molecule has 0 aromatic carbocycles. The topological polar surface area (TPSA) is 46.0 Å². The van der Waals surface area contributed by atoms with Crippen LogP contribution in [0.4, 0.5) is 0 Å². The van der Waals surface area contributed by atoms with Gasteiger partial charge in [0.25, 0.3) is 0 Å². The number of nitrogens with zero attached hydrogens (tertiary/aromatic N) is 2. The third kappa shape index (κ3) is 2.92. The molecule has 0 spiro atoms. The maximum absolute atomic E-state index is 9.75. The van der Waals surface area contributed by atoms with Gasteiger partial charge in [0.15, 0.2) is 0 Å². The fourth-order valence-electron chi connectivity index (χ4n) is 1.10. The molecule has 3 nitrogen and oxygen atoms in total. The van der Waals surface area contributed by atoms with E-state index in [1.165, 1.54) is 0 Å². The quantitative estimate of drug-likeness (QED) is 0.744. The summed E-state index contributed by atoms with van der Waals surface area (Å²) in [5, 5.41) is 9.75. The highest BCUT2D eigenvalue weighted by atomic mass is 16.3. The number of hydrogen-bond acceptors (Lipinski definition) is 3. The second-order valence-electron chi connectivity index (χ2n) is 3.41. The van der Waals surface area contributed by atoms with E-state index in [0.717, 1.165) is 17.7 Å². The Morgan fingerprint density at radius 2 is 2.21 bits per heavy atom. The van der Waals surface area contributed by atoms with Crippen molar-refractivity contribution in [2.24, 2.45) is 0 Å². The molecule has 0 aliphatic carbocycles. The normalized spacial score (nSPS) is 12.5. The highest BCUT2D eigenvalue weighted by Crippen LogP contribution is 2.18. The fourth-order valence-corrected chi connectivity index (χ4v) is 1.10. The highest BCUT2D eigenvalue weighted by molar-refractivity contribution is 5.07. The minimum atomic E-state index is -0.574. The van der Waals surface area contributed by atoms with E-state index in [2.05, 4.69) is 16.5 Å². The Balaban J connectivity index is 2.65. The lowest BCUT2D eigenvalue weighted by Crippen LogP contribution is -2.02. The molecule has 0 radical (unpaired) electrons. The van der Waals surface area contributed by atoms with Gasteiger partial charge in [-0.1, -0.05) is 19.1 Å². The Morgan fingerprint density at radius 3 is 2.71 bits per heavy atom. The van der Waals surface area contributed by atoms with Crippen molar-refractivity contribution < 1.29 is 5.11 Å². The molecule has 0 aliphatic rings. The van der Waals surface area contributed by atoms with Crippen molar-refractivity contribution in [2.45, 2.75) is 32.8 Å². The third-order valence-electron chi connectivity index (χ3n) is 2.12. The van der Waals surface area contributed by atoms with Crippen LogP contribution < -0.4 is 0 Å². The van der Waals surface area contributed by atoms with Gasteiger partial charge in [-0.05, 0) is 19.8 Å². The van der Waals surface area contributed by atoms with Gasteiger partial charge in [0.2, 0.25) is 0 Å². The molecule has 1 rings (SSSR count). The maximum atomic E-state index is 9.75. The van der Waals surface area contributed by atoms with Gasteiger partial charge in [-0.3, -0.25) is 9.97 Å². The first-order valence-electron chi connectivity index (χ1n) is 4.76. The van der Waals surface area contributed by atoms with Crippen LogP contribution in [-0.2, 0) is 0 Å². The largest absolute Gasteiger partial charge is 0.386 e. The van der Waals surface area contributed by atoms with Crippen LogP contribution in [0, 0.1) is 6.92 Å². The summed E-state index contributed by atoms with van der Waals surface area (Å²) in [4.78, 5) is 8.19. The van der Waals surface area contributed by atoms with Crippen molar-refractivity contribution in [1.82, 2.24) is 9.97 Å². The van der Waals surface area contributed by atoms with Gasteiger partial charge in [0.05, 0.1) is 17.6 Å². The average Bonchev–Trinajstić information content (AvgIpc) is 2.18. The predicted octanol–water partition coefficient (Wildman–Crippen LogP) is 2.17. The summed E-state index contributed by atoms with van der Waals surface area (Å²) >= 11 is 0. The standard InChI is InChI=1S/C11H16N2O/c1-4-8(2)5-11(14)10-7-12-9(3)6-13-10/h6-7,11,14H,2,4-5H2,1,3H3. The summed E-state index contributed by atoms with van der Waals surface area (Å²) in [7, 11) is 0. The molecule has 14 heavy (non-hydrogen) atoms. The summed E-state index contributed by atoms with van der Waals surface area (Å²) in [5.74, 6) is 0. The lowest BCUT2D eigenvalue weighted by molar-refractivity contribution is 0.172. The van der Waals surface area contributed by atoms with E-state index >= 15 is 0 Å². The molecule has 1 unspecified atom stereocenters.